The second-order valence-corrected chi connectivity index (χ2v) is 11.0. The van der Waals surface area contributed by atoms with Crippen molar-refractivity contribution >= 4 is 20.2 Å². The zero-order chi connectivity index (χ0) is 21.5. The van der Waals surface area contributed by atoms with Crippen molar-refractivity contribution in [2.45, 2.75) is 91.9 Å². The topological polar surface area (TPSA) is 86.7 Å². The SMILES string of the molecule is CCCC[C@@H](CC)CS(=O)(=O)OCCCCOS(=O)(=O)C[C@H](CC)CCCC. The summed E-state index contributed by atoms with van der Waals surface area (Å²) in [5.74, 6) is 0.394. The van der Waals surface area contributed by atoms with Gasteiger partial charge >= 0.3 is 0 Å². The molecule has 0 unspecified atom stereocenters. The first-order valence-electron chi connectivity index (χ1n) is 10.9. The van der Waals surface area contributed by atoms with E-state index in [0.717, 1.165) is 51.4 Å². The molecular formula is C20H42O6S2. The normalized spacial score (nSPS) is 14.9. The molecule has 2 atom stereocenters. The lowest BCUT2D eigenvalue weighted by atomic mass is 10.0. The maximum absolute atomic E-state index is 12.0. The Kier molecular flexibility index (Phi) is 15.5. The van der Waals surface area contributed by atoms with Crippen LogP contribution < -0.4 is 0 Å². The van der Waals surface area contributed by atoms with E-state index in [1.165, 1.54) is 0 Å². The molecular weight excluding hydrogens is 400 g/mol. The Hall–Kier alpha value is -0.180. The number of unbranched alkanes of at least 4 members (excludes halogenated alkanes) is 3. The fourth-order valence-corrected chi connectivity index (χ4v) is 5.94. The predicted octanol–water partition coefficient (Wildman–Crippen LogP) is 4.89. The molecule has 0 heterocycles. The van der Waals surface area contributed by atoms with Gasteiger partial charge in [0.15, 0.2) is 0 Å². The highest BCUT2D eigenvalue weighted by Gasteiger charge is 2.20. The minimum Gasteiger partial charge on any atom is -0.270 e. The average molecular weight is 443 g/mol. The van der Waals surface area contributed by atoms with Crippen LogP contribution in [0, 0.1) is 11.8 Å². The van der Waals surface area contributed by atoms with Gasteiger partial charge in [-0.3, -0.25) is 8.37 Å². The largest absolute Gasteiger partial charge is 0.270 e. The van der Waals surface area contributed by atoms with Crippen LogP contribution in [0.4, 0.5) is 0 Å². The third-order valence-corrected chi connectivity index (χ3v) is 7.84. The summed E-state index contributed by atoms with van der Waals surface area (Å²) < 4.78 is 58.3. The van der Waals surface area contributed by atoms with Gasteiger partial charge in [-0.2, -0.15) is 16.8 Å². The van der Waals surface area contributed by atoms with Gasteiger partial charge in [-0.05, 0) is 37.5 Å². The molecule has 0 aliphatic heterocycles. The molecule has 0 aromatic heterocycles. The molecule has 0 spiro atoms. The van der Waals surface area contributed by atoms with E-state index in [0.29, 0.717) is 12.8 Å². The molecule has 170 valence electrons. The summed E-state index contributed by atoms with van der Waals surface area (Å²) >= 11 is 0. The van der Waals surface area contributed by atoms with E-state index in [2.05, 4.69) is 13.8 Å². The van der Waals surface area contributed by atoms with Gasteiger partial charge in [-0.25, -0.2) is 0 Å². The molecule has 0 aromatic rings. The Morgan fingerprint density at radius 1 is 0.607 bits per heavy atom. The standard InChI is InChI=1S/C20H42O6S2/c1-5-9-13-19(7-3)17-27(21,22)25-15-11-12-16-26-28(23,24)18-20(8-4)14-10-6-2/h19-20H,5-18H2,1-4H3/t19-,20-/m1/s1. The Morgan fingerprint density at radius 2 is 0.964 bits per heavy atom. The van der Waals surface area contributed by atoms with Gasteiger partial charge in [-0.15, -0.1) is 0 Å². The minimum atomic E-state index is -3.53. The molecule has 0 fully saturated rings. The summed E-state index contributed by atoms with van der Waals surface area (Å²) in [6, 6.07) is 0. The lowest BCUT2D eigenvalue weighted by Crippen LogP contribution is -2.20. The lowest BCUT2D eigenvalue weighted by Gasteiger charge is -2.15. The molecule has 0 aliphatic rings. The van der Waals surface area contributed by atoms with Crippen LogP contribution in [-0.2, 0) is 28.6 Å². The van der Waals surface area contributed by atoms with E-state index in [4.69, 9.17) is 8.37 Å². The van der Waals surface area contributed by atoms with Gasteiger partial charge in [0.2, 0.25) is 0 Å². The van der Waals surface area contributed by atoms with Crippen LogP contribution in [0.2, 0.25) is 0 Å². The molecule has 0 rings (SSSR count). The van der Waals surface area contributed by atoms with Gasteiger partial charge < -0.3 is 0 Å². The first kappa shape index (κ1) is 27.8. The van der Waals surface area contributed by atoms with Gasteiger partial charge in [0.25, 0.3) is 20.2 Å². The highest BCUT2D eigenvalue weighted by molar-refractivity contribution is 7.86. The minimum absolute atomic E-state index is 0.0601. The number of rotatable bonds is 19. The van der Waals surface area contributed by atoms with Crippen molar-refractivity contribution in [2.75, 3.05) is 24.7 Å². The Morgan fingerprint density at radius 3 is 1.25 bits per heavy atom. The summed E-state index contributed by atoms with van der Waals surface area (Å²) in [5, 5.41) is 0. The fraction of sp³-hybridized carbons (Fsp3) is 1.00. The molecule has 0 aliphatic carbocycles. The van der Waals surface area contributed by atoms with E-state index < -0.39 is 20.2 Å². The zero-order valence-electron chi connectivity index (χ0n) is 18.3. The highest BCUT2D eigenvalue weighted by Crippen LogP contribution is 2.17. The molecule has 0 bridgehead atoms. The van der Waals surface area contributed by atoms with E-state index in [1.807, 2.05) is 13.8 Å². The van der Waals surface area contributed by atoms with Crippen LogP contribution in [0.3, 0.4) is 0 Å². The molecule has 0 N–H and O–H groups in total. The van der Waals surface area contributed by atoms with Crippen LogP contribution in [0.25, 0.3) is 0 Å². The molecule has 0 amide bonds. The molecule has 0 aromatic carbocycles. The predicted molar refractivity (Wildman–Crippen MR) is 115 cm³/mol. The third-order valence-electron chi connectivity index (χ3n) is 5.03. The third kappa shape index (κ3) is 14.8. The first-order chi connectivity index (χ1) is 13.2. The molecule has 6 nitrogen and oxygen atoms in total. The summed E-state index contributed by atoms with van der Waals surface area (Å²) in [7, 11) is -7.05. The summed E-state index contributed by atoms with van der Waals surface area (Å²) in [4.78, 5) is 0. The van der Waals surface area contributed by atoms with Crippen molar-refractivity contribution < 1.29 is 25.2 Å². The van der Waals surface area contributed by atoms with Crippen LogP contribution in [0.1, 0.15) is 91.9 Å². The second-order valence-electron chi connectivity index (χ2n) is 7.63. The summed E-state index contributed by atoms with van der Waals surface area (Å²) in [6.45, 7) is 8.33. The second kappa shape index (κ2) is 15.6. The molecule has 28 heavy (non-hydrogen) atoms. The van der Waals surface area contributed by atoms with Crippen molar-refractivity contribution in [3.8, 4) is 0 Å². The smallest absolute Gasteiger partial charge is 0.267 e. The van der Waals surface area contributed by atoms with Crippen LogP contribution in [0.5, 0.6) is 0 Å². The average Bonchev–Trinajstić information content (AvgIpc) is 2.64. The van der Waals surface area contributed by atoms with E-state index in [9.17, 15) is 16.8 Å². The van der Waals surface area contributed by atoms with E-state index in [1.54, 1.807) is 0 Å². The molecule has 0 saturated heterocycles. The Bertz CT molecular complexity index is 520. The fourth-order valence-electron chi connectivity index (χ4n) is 3.05. The maximum atomic E-state index is 12.0. The van der Waals surface area contributed by atoms with Crippen molar-refractivity contribution in [3.63, 3.8) is 0 Å². The summed E-state index contributed by atoms with van der Waals surface area (Å²) in [5.41, 5.74) is 0. The Labute approximate surface area is 174 Å². The first-order valence-corrected chi connectivity index (χ1v) is 14.1. The van der Waals surface area contributed by atoms with Gasteiger partial charge in [-0.1, -0.05) is 66.2 Å². The maximum Gasteiger partial charge on any atom is 0.267 e. The molecule has 8 heteroatoms. The van der Waals surface area contributed by atoms with Gasteiger partial charge in [0.05, 0.1) is 24.7 Å². The quantitative estimate of drug-likeness (QED) is 0.209. The lowest BCUT2D eigenvalue weighted by molar-refractivity contribution is 0.266. The van der Waals surface area contributed by atoms with Gasteiger partial charge in [0, 0.05) is 0 Å². The van der Waals surface area contributed by atoms with Gasteiger partial charge in [0.1, 0.15) is 0 Å². The van der Waals surface area contributed by atoms with Crippen LogP contribution in [0.15, 0.2) is 0 Å². The van der Waals surface area contributed by atoms with Crippen molar-refractivity contribution in [2.24, 2.45) is 11.8 Å². The number of hydrogen-bond donors (Lipinski definition) is 0. The van der Waals surface area contributed by atoms with Crippen molar-refractivity contribution in [3.05, 3.63) is 0 Å². The van der Waals surface area contributed by atoms with Crippen molar-refractivity contribution in [1.29, 1.82) is 0 Å². The molecule has 0 saturated carbocycles. The monoisotopic (exact) mass is 442 g/mol. The Balaban J connectivity index is 4.08. The molecule has 0 radical (unpaired) electrons. The highest BCUT2D eigenvalue weighted by atomic mass is 32.2. The van der Waals surface area contributed by atoms with E-state index >= 15 is 0 Å². The van der Waals surface area contributed by atoms with Crippen molar-refractivity contribution in [1.82, 2.24) is 0 Å². The summed E-state index contributed by atoms with van der Waals surface area (Å²) in [6.07, 6.45) is 8.51. The van der Waals surface area contributed by atoms with Crippen LogP contribution >= 0.6 is 0 Å². The number of hydrogen-bond acceptors (Lipinski definition) is 6. The zero-order valence-corrected chi connectivity index (χ0v) is 20.0. The van der Waals surface area contributed by atoms with E-state index in [-0.39, 0.29) is 36.6 Å². The van der Waals surface area contributed by atoms with Crippen LogP contribution in [-0.4, -0.2) is 41.6 Å².